The van der Waals surface area contributed by atoms with Crippen molar-refractivity contribution in [2.45, 2.75) is 13.5 Å². The zero-order chi connectivity index (χ0) is 13.2. The topological polar surface area (TPSA) is 28.7 Å². The van der Waals surface area contributed by atoms with E-state index >= 15 is 0 Å². The smallest absolute Gasteiger partial charge is 0.0998 e. The third kappa shape index (κ3) is 2.11. The van der Waals surface area contributed by atoms with Crippen molar-refractivity contribution in [2.24, 2.45) is 0 Å². The zero-order valence-electron chi connectivity index (χ0n) is 10.8. The van der Waals surface area contributed by atoms with E-state index in [0.29, 0.717) is 0 Å². The molecular weight excluding hydrogens is 232 g/mol. The summed E-state index contributed by atoms with van der Waals surface area (Å²) in [4.78, 5) is 0. The highest BCUT2D eigenvalue weighted by Gasteiger charge is 2.05. The Bertz CT molecular complexity index is 775. The number of hydrogen-bond acceptors (Lipinski definition) is 1. The van der Waals surface area contributed by atoms with Crippen molar-refractivity contribution in [1.29, 1.82) is 5.26 Å². The maximum Gasteiger partial charge on any atom is 0.0998 e. The highest BCUT2D eigenvalue weighted by molar-refractivity contribution is 5.86. The number of aromatic nitrogens is 1. The molecule has 0 aliphatic rings. The summed E-state index contributed by atoms with van der Waals surface area (Å²) in [5.74, 6) is 0. The van der Waals surface area contributed by atoms with Gasteiger partial charge in [-0.05, 0) is 30.7 Å². The first-order valence-corrected chi connectivity index (χ1v) is 6.31. The molecular formula is C17H14N2. The summed E-state index contributed by atoms with van der Waals surface area (Å²) >= 11 is 0. The van der Waals surface area contributed by atoms with Gasteiger partial charge in [0.2, 0.25) is 0 Å². The third-order valence-corrected chi connectivity index (χ3v) is 3.37. The largest absolute Gasteiger partial charge is 0.343 e. The highest BCUT2D eigenvalue weighted by atomic mass is 14.9. The van der Waals surface area contributed by atoms with Crippen LogP contribution in [0.1, 0.15) is 16.7 Å². The van der Waals surface area contributed by atoms with Crippen LogP contribution in [0.4, 0.5) is 0 Å². The van der Waals surface area contributed by atoms with Crippen LogP contribution in [-0.2, 0) is 6.54 Å². The Kier molecular flexibility index (Phi) is 2.81. The molecule has 0 fully saturated rings. The Balaban J connectivity index is 2.05. The lowest BCUT2D eigenvalue weighted by atomic mass is 10.1. The molecule has 0 amide bonds. The Hall–Kier alpha value is -2.53. The van der Waals surface area contributed by atoms with E-state index in [-0.39, 0.29) is 0 Å². The molecule has 0 atom stereocenters. The second-order valence-corrected chi connectivity index (χ2v) is 4.78. The molecule has 2 nitrogen and oxygen atoms in total. The molecule has 0 bridgehead atoms. The molecule has 2 aromatic carbocycles. The monoisotopic (exact) mass is 246 g/mol. The minimum absolute atomic E-state index is 0.737. The highest BCUT2D eigenvalue weighted by Crippen LogP contribution is 2.20. The Labute approximate surface area is 112 Å². The van der Waals surface area contributed by atoms with Gasteiger partial charge in [-0.2, -0.15) is 5.26 Å². The van der Waals surface area contributed by atoms with Crippen LogP contribution in [0.2, 0.25) is 0 Å². The maximum atomic E-state index is 9.11. The fourth-order valence-corrected chi connectivity index (χ4v) is 2.47. The predicted octanol–water partition coefficient (Wildman–Crippen LogP) is 3.87. The van der Waals surface area contributed by atoms with Gasteiger partial charge in [-0.25, -0.2) is 0 Å². The number of nitrogens with zero attached hydrogens (tertiary/aromatic N) is 2. The molecule has 3 aromatic rings. The van der Waals surface area contributed by atoms with Crippen LogP contribution in [0.25, 0.3) is 10.9 Å². The summed E-state index contributed by atoms with van der Waals surface area (Å²) < 4.78 is 2.19. The molecule has 92 valence electrons. The van der Waals surface area contributed by atoms with Gasteiger partial charge in [0.05, 0.1) is 11.6 Å². The summed E-state index contributed by atoms with van der Waals surface area (Å²) in [6.45, 7) is 2.94. The Morgan fingerprint density at radius 2 is 1.95 bits per heavy atom. The molecule has 1 heterocycles. The van der Waals surface area contributed by atoms with E-state index in [2.05, 4.69) is 47.9 Å². The zero-order valence-corrected chi connectivity index (χ0v) is 10.8. The summed E-state index contributed by atoms with van der Waals surface area (Å²) in [6.07, 6.45) is 2.05. The molecule has 0 saturated carbocycles. The first-order chi connectivity index (χ1) is 9.28. The summed E-state index contributed by atoms with van der Waals surface area (Å²) in [6, 6.07) is 18.6. The van der Waals surface area contributed by atoms with Crippen molar-refractivity contribution in [3.05, 3.63) is 71.4 Å². The summed E-state index contributed by atoms with van der Waals surface area (Å²) in [5, 5.41) is 10.1. The van der Waals surface area contributed by atoms with E-state index < -0.39 is 0 Å². The van der Waals surface area contributed by atoms with Crippen LogP contribution in [0.5, 0.6) is 0 Å². The minimum atomic E-state index is 0.737. The van der Waals surface area contributed by atoms with Gasteiger partial charge in [0, 0.05) is 23.6 Å². The van der Waals surface area contributed by atoms with Gasteiger partial charge in [-0.3, -0.25) is 0 Å². The van der Waals surface area contributed by atoms with Crippen LogP contribution < -0.4 is 0 Å². The number of benzene rings is 2. The van der Waals surface area contributed by atoms with Gasteiger partial charge in [0.15, 0.2) is 0 Å². The van der Waals surface area contributed by atoms with Gasteiger partial charge in [0.25, 0.3) is 0 Å². The first kappa shape index (κ1) is 11.6. The van der Waals surface area contributed by atoms with Gasteiger partial charge >= 0.3 is 0 Å². The van der Waals surface area contributed by atoms with Crippen molar-refractivity contribution in [3.8, 4) is 6.07 Å². The average molecular weight is 246 g/mol. The quantitative estimate of drug-likeness (QED) is 0.674. The maximum absolute atomic E-state index is 9.11. The lowest BCUT2D eigenvalue weighted by Gasteiger charge is -2.06. The summed E-state index contributed by atoms with van der Waals surface area (Å²) in [7, 11) is 0. The van der Waals surface area contributed by atoms with E-state index in [4.69, 9.17) is 5.26 Å². The molecule has 0 unspecified atom stereocenters. The van der Waals surface area contributed by atoms with Crippen molar-refractivity contribution < 1.29 is 0 Å². The summed E-state index contributed by atoms with van der Waals surface area (Å²) in [5.41, 5.74) is 4.40. The standard InChI is InChI=1S/C17H14N2/c1-13-4-2-5-14(10-13)12-19-9-8-16-15(11-18)6-3-7-17(16)19/h2-10H,12H2,1H3. The van der Waals surface area contributed by atoms with Crippen molar-refractivity contribution >= 4 is 10.9 Å². The molecule has 19 heavy (non-hydrogen) atoms. The van der Waals surface area contributed by atoms with Crippen molar-refractivity contribution in [1.82, 2.24) is 4.57 Å². The lowest BCUT2D eigenvalue weighted by molar-refractivity contribution is 0.836. The van der Waals surface area contributed by atoms with Crippen LogP contribution >= 0.6 is 0 Å². The third-order valence-electron chi connectivity index (χ3n) is 3.37. The molecule has 0 aliphatic heterocycles. The normalized spacial score (nSPS) is 10.5. The van der Waals surface area contributed by atoms with Gasteiger partial charge in [-0.15, -0.1) is 0 Å². The fourth-order valence-electron chi connectivity index (χ4n) is 2.47. The first-order valence-electron chi connectivity index (χ1n) is 6.31. The Morgan fingerprint density at radius 1 is 1.11 bits per heavy atom. The number of nitriles is 1. The van der Waals surface area contributed by atoms with Crippen LogP contribution in [-0.4, -0.2) is 4.57 Å². The number of aryl methyl sites for hydroxylation is 1. The SMILES string of the molecule is Cc1cccc(Cn2ccc3c(C#N)cccc32)c1. The molecule has 3 rings (SSSR count). The minimum Gasteiger partial charge on any atom is -0.343 e. The van der Waals surface area contributed by atoms with Crippen LogP contribution in [0, 0.1) is 18.3 Å². The molecule has 2 heteroatoms. The molecule has 0 radical (unpaired) electrons. The van der Waals surface area contributed by atoms with Crippen LogP contribution in [0.3, 0.4) is 0 Å². The van der Waals surface area contributed by atoms with Gasteiger partial charge < -0.3 is 4.57 Å². The van der Waals surface area contributed by atoms with E-state index in [1.54, 1.807) is 0 Å². The molecule has 1 aromatic heterocycles. The fraction of sp³-hybridized carbons (Fsp3) is 0.118. The van der Waals surface area contributed by atoms with E-state index in [9.17, 15) is 0 Å². The average Bonchev–Trinajstić information content (AvgIpc) is 2.82. The van der Waals surface area contributed by atoms with Crippen LogP contribution in [0.15, 0.2) is 54.7 Å². The molecule has 0 N–H and O–H groups in total. The molecule has 0 saturated heterocycles. The van der Waals surface area contributed by atoms with Gasteiger partial charge in [-0.1, -0.05) is 35.9 Å². The van der Waals surface area contributed by atoms with E-state index in [1.807, 2.05) is 24.4 Å². The predicted molar refractivity (Wildman–Crippen MR) is 76.9 cm³/mol. The van der Waals surface area contributed by atoms with Gasteiger partial charge in [0.1, 0.15) is 0 Å². The second kappa shape index (κ2) is 4.62. The molecule has 0 aliphatic carbocycles. The second-order valence-electron chi connectivity index (χ2n) is 4.78. The number of fused-ring (bicyclic) bond motifs is 1. The molecule has 0 spiro atoms. The van der Waals surface area contributed by atoms with Crippen molar-refractivity contribution in [2.75, 3.05) is 0 Å². The number of rotatable bonds is 2. The van der Waals surface area contributed by atoms with E-state index in [1.165, 1.54) is 11.1 Å². The lowest BCUT2D eigenvalue weighted by Crippen LogP contribution is -1.98. The van der Waals surface area contributed by atoms with Crippen molar-refractivity contribution in [3.63, 3.8) is 0 Å². The van der Waals surface area contributed by atoms with E-state index in [0.717, 1.165) is 23.0 Å². The number of hydrogen-bond donors (Lipinski definition) is 0. The Morgan fingerprint density at radius 3 is 2.74 bits per heavy atom.